The lowest BCUT2D eigenvalue weighted by molar-refractivity contribution is -0.122. The van der Waals surface area contributed by atoms with Crippen LogP contribution >= 0.6 is 22.9 Å². The molecule has 0 radical (unpaired) electrons. The van der Waals surface area contributed by atoms with Gasteiger partial charge in [0.15, 0.2) is 0 Å². The summed E-state index contributed by atoms with van der Waals surface area (Å²) < 4.78 is 13.0. The molecule has 0 atom stereocenters. The molecular weight excluding hydrogens is 313 g/mol. The monoisotopic (exact) mass is 331 g/mol. The van der Waals surface area contributed by atoms with Gasteiger partial charge in [0.1, 0.15) is 0 Å². The Morgan fingerprint density at radius 1 is 1.20 bits per heavy atom. The van der Waals surface area contributed by atoms with E-state index in [0.717, 1.165) is 6.54 Å². The van der Waals surface area contributed by atoms with Crippen LogP contribution in [0.3, 0.4) is 0 Å². The van der Waals surface area contributed by atoms with Gasteiger partial charge in [-0.1, -0.05) is 0 Å². The number of carbonyl (C=O) groups excluding carboxylic acids is 1. The second kappa shape index (κ2) is 12.1. The molecule has 0 bridgehead atoms. The SMILES string of the molecule is NCOCCNC(=O)CCOCCNI. The fourth-order valence-corrected chi connectivity index (χ4v) is 1.03. The van der Waals surface area contributed by atoms with E-state index in [-0.39, 0.29) is 12.6 Å². The van der Waals surface area contributed by atoms with Crippen LogP contribution in [0.15, 0.2) is 0 Å². The molecule has 0 spiro atoms. The van der Waals surface area contributed by atoms with E-state index in [4.69, 9.17) is 15.2 Å². The highest BCUT2D eigenvalue weighted by molar-refractivity contribution is 14.1. The van der Waals surface area contributed by atoms with Gasteiger partial charge in [0.2, 0.25) is 5.91 Å². The Morgan fingerprint density at radius 3 is 2.60 bits per heavy atom. The number of nitrogens with two attached hydrogens (primary N) is 1. The van der Waals surface area contributed by atoms with Crippen molar-refractivity contribution in [3.05, 3.63) is 0 Å². The molecule has 0 aromatic carbocycles. The molecule has 90 valence electrons. The number of nitrogens with one attached hydrogen (secondary N) is 2. The van der Waals surface area contributed by atoms with Gasteiger partial charge in [-0.15, -0.1) is 0 Å². The Hall–Kier alpha value is 0.0400. The molecule has 15 heavy (non-hydrogen) atoms. The van der Waals surface area contributed by atoms with Gasteiger partial charge < -0.3 is 20.5 Å². The number of hydrogen-bond acceptors (Lipinski definition) is 5. The number of ether oxygens (including phenoxy) is 2. The molecule has 0 fully saturated rings. The van der Waals surface area contributed by atoms with Crippen molar-refractivity contribution < 1.29 is 14.3 Å². The van der Waals surface area contributed by atoms with E-state index in [1.807, 2.05) is 22.9 Å². The van der Waals surface area contributed by atoms with Crippen molar-refractivity contribution in [3.8, 4) is 0 Å². The Kier molecular flexibility index (Phi) is 12.1. The lowest BCUT2D eigenvalue weighted by Gasteiger charge is -2.05. The molecule has 0 heterocycles. The fourth-order valence-electron chi connectivity index (χ4n) is 0.812. The summed E-state index contributed by atoms with van der Waals surface area (Å²) in [7, 11) is 0. The highest BCUT2D eigenvalue weighted by Crippen LogP contribution is 1.83. The largest absolute Gasteiger partial charge is 0.380 e. The zero-order valence-electron chi connectivity index (χ0n) is 8.63. The number of amides is 1. The van der Waals surface area contributed by atoms with Gasteiger partial charge in [-0.05, 0) is 0 Å². The van der Waals surface area contributed by atoms with Crippen LogP contribution in [0.4, 0.5) is 0 Å². The van der Waals surface area contributed by atoms with Gasteiger partial charge in [-0.25, -0.2) is 0 Å². The smallest absolute Gasteiger partial charge is 0.222 e. The minimum absolute atomic E-state index is 0.0296. The molecule has 1 amide bonds. The van der Waals surface area contributed by atoms with Crippen molar-refractivity contribution in [1.29, 1.82) is 0 Å². The van der Waals surface area contributed by atoms with E-state index in [0.29, 0.717) is 32.8 Å². The van der Waals surface area contributed by atoms with Crippen LogP contribution in [-0.2, 0) is 14.3 Å². The average Bonchev–Trinajstić information content (AvgIpc) is 2.24. The average molecular weight is 331 g/mol. The fraction of sp³-hybridized carbons (Fsp3) is 0.875. The topological polar surface area (TPSA) is 85.6 Å². The van der Waals surface area contributed by atoms with Gasteiger partial charge in [0, 0.05) is 42.4 Å². The molecule has 6 nitrogen and oxygen atoms in total. The maximum Gasteiger partial charge on any atom is 0.222 e. The zero-order chi connectivity index (χ0) is 11.4. The van der Waals surface area contributed by atoms with Gasteiger partial charge in [-0.2, -0.15) is 0 Å². The quantitative estimate of drug-likeness (QED) is 0.215. The first-order valence-corrected chi connectivity index (χ1v) is 5.85. The van der Waals surface area contributed by atoms with E-state index in [9.17, 15) is 4.79 Å². The van der Waals surface area contributed by atoms with Crippen molar-refractivity contribution in [1.82, 2.24) is 8.85 Å². The maximum absolute atomic E-state index is 11.1. The molecule has 0 rings (SSSR count). The van der Waals surface area contributed by atoms with Crippen LogP contribution in [0.1, 0.15) is 6.42 Å². The van der Waals surface area contributed by atoms with Gasteiger partial charge >= 0.3 is 0 Å². The van der Waals surface area contributed by atoms with Crippen LogP contribution < -0.4 is 14.6 Å². The van der Waals surface area contributed by atoms with Crippen LogP contribution in [0.5, 0.6) is 0 Å². The van der Waals surface area contributed by atoms with E-state index in [1.54, 1.807) is 0 Å². The molecule has 0 aromatic rings. The second-order valence-electron chi connectivity index (χ2n) is 2.67. The summed E-state index contributed by atoms with van der Waals surface area (Å²) in [4.78, 5) is 11.1. The summed E-state index contributed by atoms with van der Waals surface area (Å²) in [5, 5.41) is 2.69. The van der Waals surface area contributed by atoms with Crippen molar-refractivity contribution in [2.75, 3.05) is 39.6 Å². The molecule has 7 heteroatoms. The van der Waals surface area contributed by atoms with Crippen LogP contribution in [0, 0.1) is 0 Å². The summed E-state index contributed by atoms with van der Waals surface area (Å²) in [5.74, 6) is -0.0296. The lowest BCUT2D eigenvalue weighted by Crippen LogP contribution is -2.28. The highest BCUT2D eigenvalue weighted by Gasteiger charge is 1.99. The van der Waals surface area contributed by atoms with Crippen molar-refractivity contribution >= 4 is 28.8 Å². The molecule has 0 saturated carbocycles. The first-order valence-electron chi connectivity index (χ1n) is 4.77. The summed E-state index contributed by atoms with van der Waals surface area (Å²) >= 11 is 2.05. The first kappa shape index (κ1) is 15.0. The van der Waals surface area contributed by atoms with Crippen LogP contribution in [0.25, 0.3) is 0 Å². The maximum atomic E-state index is 11.1. The van der Waals surface area contributed by atoms with Gasteiger partial charge in [-0.3, -0.25) is 8.32 Å². The minimum atomic E-state index is -0.0296. The molecule has 0 aliphatic carbocycles. The number of halogens is 1. The number of rotatable bonds is 10. The van der Waals surface area contributed by atoms with E-state index < -0.39 is 0 Å². The lowest BCUT2D eigenvalue weighted by atomic mass is 10.4. The zero-order valence-corrected chi connectivity index (χ0v) is 10.8. The Bertz CT molecular complexity index is 160. The van der Waals surface area contributed by atoms with Gasteiger partial charge in [0.05, 0.1) is 26.6 Å². The second-order valence-corrected chi connectivity index (χ2v) is 3.43. The summed E-state index contributed by atoms with van der Waals surface area (Å²) in [6.45, 7) is 2.97. The van der Waals surface area contributed by atoms with Crippen molar-refractivity contribution in [3.63, 3.8) is 0 Å². The Labute approximate surface area is 104 Å². The first-order chi connectivity index (χ1) is 7.31. The highest BCUT2D eigenvalue weighted by atomic mass is 127. The predicted molar refractivity (Wildman–Crippen MR) is 65.5 cm³/mol. The van der Waals surface area contributed by atoms with E-state index in [1.165, 1.54) is 0 Å². The third-order valence-electron chi connectivity index (χ3n) is 1.50. The minimum Gasteiger partial charge on any atom is -0.380 e. The standard InChI is InChI=1S/C8H18IN3O3/c9-12-3-6-14-4-1-8(13)11-2-5-15-7-10/h12H,1-7,10H2,(H,11,13). The molecule has 0 aliphatic heterocycles. The van der Waals surface area contributed by atoms with Crippen molar-refractivity contribution in [2.45, 2.75) is 6.42 Å². The third kappa shape index (κ3) is 12.0. The summed E-state index contributed by atoms with van der Waals surface area (Å²) in [6.07, 6.45) is 0.379. The summed E-state index contributed by atoms with van der Waals surface area (Å²) in [5.41, 5.74) is 5.11. The molecular formula is C8H18IN3O3. The molecule has 0 unspecified atom stereocenters. The molecule has 4 N–H and O–H groups in total. The third-order valence-corrected chi connectivity index (χ3v) is 2.04. The van der Waals surface area contributed by atoms with Crippen LogP contribution in [0.2, 0.25) is 0 Å². The van der Waals surface area contributed by atoms with Crippen molar-refractivity contribution in [2.24, 2.45) is 5.73 Å². The number of carbonyl (C=O) groups is 1. The molecule has 0 saturated heterocycles. The van der Waals surface area contributed by atoms with Gasteiger partial charge in [0.25, 0.3) is 0 Å². The molecule has 0 aliphatic rings. The number of hydrogen-bond donors (Lipinski definition) is 3. The normalized spacial score (nSPS) is 10.3. The van der Waals surface area contributed by atoms with E-state index in [2.05, 4.69) is 8.85 Å². The van der Waals surface area contributed by atoms with E-state index >= 15 is 0 Å². The Morgan fingerprint density at radius 2 is 1.93 bits per heavy atom. The summed E-state index contributed by atoms with van der Waals surface area (Å²) in [6, 6.07) is 0. The Balaban J connectivity index is 3.11. The molecule has 0 aromatic heterocycles. The predicted octanol–water partition coefficient (Wildman–Crippen LogP) is -0.618. The van der Waals surface area contributed by atoms with Crippen LogP contribution in [-0.4, -0.2) is 45.5 Å².